The smallest absolute Gasteiger partial charge is 0.198 e. The Morgan fingerprint density at radius 3 is 2.09 bits per heavy atom. The zero-order chi connectivity index (χ0) is 25.0. The minimum absolute atomic E-state index is 0.0570. The van der Waals surface area contributed by atoms with Crippen molar-refractivity contribution in [3.05, 3.63) is 59.2 Å². The Morgan fingerprint density at radius 1 is 0.882 bits per heavy atom. The summed E-state index contributed by atoms with van der Waals surface area (Å²) in [6.07, 6.45) is 1.44. The Hall–Kier alpha value is -2.10. The van der Waals surface area contributed by atoms with E-state index in [1.165, 1.54) is 0 Å². The van der Waals surface area contributed by atoms with Crippen molar-refractivity contribution in [2.24, 2.45) is 0 Å². The molecular weight excluding hydrogens is 474 g/mol. The van der Waals surface area contributed by atoms with Gasteiger partial charge < -0.3 is 14.4 Å². The highest BCUT2D eigenvalue weighted by molar-refractivity contribution is 8.10. The predicted molar refractivity (Wildman–Crippen MR) is 135 cm³/mol. The molecule has 0 spiro atoms. The Balaban J connectivity index is 1.72. The Bertz CT molecular complexity index is 1160. The van der Waals surface area contributed by atoms with Gasteiger partial charge in [-0.25, -0.2) is 16.8 Å². The van der Waals surface area contributed by atoms with Gasteiger partial charge in [0.1, 0.15) is 0 Å². The van der Waals surface area contributed by atoms with Gasteiger partial charge in [0.25, 0.3) is 0 Å². The molecule has 0 bridgehead atoms. The molecule has 34 heavy (non-hydrogen) atoms. The van der Waals surface area contributed by atoms with Gasteiger partial charge in [0, 0.05) is 6.54 Å². The van der Waals surface area contributed by atoms with Gasteiger partial charge >= 0.3 is 0 Å². The summed E-state index contributed by atoms with van der Waals surface area (Å²) in [4.78, 5) is 2.10. The van der Waals surface area contributed by atoms with Crippen molar-refractivity contribution in [1.82, 2.24) is 4.90 Å². The summed E-state index contributed by atoms with van der Waals surface area (Å²) in [7, 11) is -2.55. The summed E-state index contributed by atoms with van der Waals surface area (Å²) in [6, 6.07) is 12.7. The van der Waals surface area contributed by atoms with E-state index in [9.17, 15) is 16.8 Å². The second-order valence-electron chi connectivity index (χ2n) is 8.96. The van der Waals surface area contributed by atoms with E-state index < -0.39 is 23.8 Å². The van der Waals surface area contributed by atoms with Gasteiger partial charge in [0.2, 0.25) is 0 Å². The number of aryl methyl sites for hydroxylation is 1. The normalized spacial score (nSPS) is 18.5. The van der Waals surface area contributed by atoms with Crippen LogP contribution in [0.15, 0.2) is 42.5 Å². The monoisotopic (exact) mass is 509 g/mol. The van der Waals surface area contributed by atoms with E-state index in [0.717, 1.165) is 24.1 Å². The third-order valence-corrected chi connectivity index (χ3v) is 12.7. The lowest BCUT2D eigenvalue weighted by Gasteiger charge is -2.37. The molecule has 1 heterocycles. The fourth-order valence-electron chi connectivity index (χ4n) is 4.63. The van der Waals surface area contributed by atoms with Gasteiger partial charge in [0.15, 0.2) is 35.3 Å². The fourth-order valence-corrected chi connectivity index (χ4v) is 10.5. The van der Waals surface area contributed by atoms with Crippen LogP contribution in [0, 0.1) is 6.92 Å². The molecule has 0 radical (unpaired) electrons. The number of rotatable bonds is 10. The maximum absolute atomic E-state index is 13.3. The highest BCUT2D eigenvalue weighted by atomic mass is 32.3. The molecule has 0 saturated carbocycles. The molecule has 7 nitrogen and oxygen atoms in total. The Kier molecular flexibility index (Phi) is 8.31. The molecule has 3 rings (SSSR count). The average molecular weight is 510 g/mol. The van der Waals surface area contributed by atoms with Crippen molar-refractivity contribution in [3.63, 3.8) is 0 Å². The summed E-state index contributed by atoms with van der Waals surface area (Å²) in [5.74, 6) is 1.15. The van der Waals surface area contributed by atoms with E-state index in [1.54, 1.807) is 38.5 Å². The highest BCUT2D eigenvalue weighted by Crippen LogP contribution is 2.45. The number of methoxy groups -OCH3 is 2. The maximum Gasteiger partial charge on any atom is 0.198 e. The molecular formula is C25H35NO6S2. The SMILES string of the molecule is COc1ccc(CCN(C)CCCC2(c3ccc(C)cc3)S(=O)(=O)CCCS2(=O)=O)cc1OC. The fraction of sp³-hybridized carbons (Fsp3) is 0.520. The molecule has 0 aromatic heterocycles. The van der Waals surface area contributed by atoms with Crippen LogP contribution >= 0.6 is 0 Å². The minimum Gasteiger partial charge on any atom is -0.493 e. The van der Waals surface area contributed by atoms with E-state index in [4.69, 9.17) is 9.47 Å². The first-order chi connectivity index (χ1) is 16.1. The second-order valence-corrected chi connectivity index (χ2v) is 13.9. The van der Waals surface area contributed by atoms with Gasteiger partial charge in [-0.1, -0.05) is 35.9 Å². The quantitative estimate of drug-likeness (QED) is 0.485. The molecule has 0 aliphatic carbocycles. The van der Waals surface area contributed by atoms with Gasteiger partial charge in [-0.3, -0.25) is 0 Å². The van der Waals surface area contributed by atoms with E-state index in [0.29, 0.717) is 30.0 Å². The van der Waals surface area contributed by atoms with Crippen LogP contribution in [0.25, 0.3) is 0 Å². The summed E-state index contributed by atoms with van der Waals surface area (Å²) in [6.45, 7) is 3.23. The highest BCUT2D eigenvalue weighted by Gasteiger charge is 2.57. The predicted octanol–water partition coefficient (Wildman–Crippen LogP) is 3.35. The van der Waals surface area contributed by atoms with E-state index >= 15 is 0 Å². The number of sulfone groups is 2. The van der Waals surface area contributed by atoms with Gasteiger partial charge in [0.05, 0.1) is 25.7 Å². The Morgan fingerprint density at radius 2 is 1.50 bits per heavy atom. The summed E-state index contributed by atoms with van der Waals surface area (Å²) in [5.41, 5.74) is 2.42. The molecule has 2 aromatic carbocycles. The maximum atomic E-state index is 13.3. The summed E-state index contributed by atoms with van der Waals surface area (Å²) in [5, 5.41) is 0. The zero-order valence-electron chi connectivity index (χ0n) is 20.4. The number of nitrogens with zero attached hydrogens (tertiary/aromatic N) is 1. The first kappa shape index (κ1) is 26.5. The van der Waals surface area contributed by atoms with Crippen molar-refractivity contribution in [1.29, 1.82) is 0 Å². The number of likely N-dealkylation sites (N-methyl/N-ethyl adjacent to an activating group) is 1. The first-order valence-corrected chi connectivity index (χ1v) is 14.8. The van der Waals surface area contributed by atoms with E-state index in [2.05, 4.69) is 4.90 Å². The van der Waals surface area contributed by atoms with Crippen LogP contribution in [0.2, 0.25) is 0 Å². The van der Waals surface area contributed by atoms with E-state index in [1.807, 2.05) is 32.2 Å². The van der Waals surface area contributed by atoms with Crippen molar-refractivity contribution in [3.8, 4) is 11.5 Å². The molecule has 1 saturated heterocycles. The topological polar surface area (TPSA) is 90.0 Å². The number of benzene rings is 2. The summed E-state index contributed by atoms with van der Waals surface area (Å²) < 4.78 is 61.9. The van der Waals surface area contributed by atoms with Gasteiger partial charge in [-0.15, -0.1) is 0 Å². The third-order valence-electron chi connectivity index (χ3n) is 6.60. The number of hydrogen-bond donors (Lipinski definition) is 0. The van der Waals surface area contributed by atoms with Crippen molar-refractivity contribution in [2.45, 2.75) is 36.7 Å². The molecule has 9 heteroatoms. The van der Waals surface area contributed by atoms with Crippen molar-refractivity contribution >= 4 is 19.7 Å². The summed E-state index contributed by atoms with van der Waals surface area (Å²) >= 11 is 0. The van der Waals surface area contributed by atoms with Gasteiger partial charge in [-0.05, 0) is 69.5 Å². The largest absolute Gasteiger partial charge is 0.493 e. The number of ether oxygens (including phenoxy) is 2. The van der Waals surface area contributed by atoms with Crippen LogP contribution < -0.4 is 9.47 Å². The zero-order valence-corrected chi connectivity index (χ0v) is 22.0. The van der Waals surface area contributed by atoms with Crippen LogP contribution in [0.3, 0.4) is 0 Å². The van der Waals surface area contributed by atoms with Crippen molar-refractivity contribution < 1.29 is 26.3 Å². The molecule has 2 aromatic rings. The molecule has 1 aliphatic rings. The van der Waals surface area contributed by atoms with Crippen LogP contribution in [0.1, 0.15) is 36.0 Å². The lowest BCUT2D eigenvalue weighted by Crippen LogP contribution is -2.50. The molecule has 188 valence electrons. The Labute approximate surface area is 203 Å². The lowest BCUT2D eigenvalue weighted by atomic mass is 10.0. The average Bonchev–Trinajstić information content (AvgIpc) is 2.79. The first-order valence-electron chi connectivity index (χ1n) is 11.5. The minimum atomic E-state index is -3.86. The standard InChI is InChI=1S/C25H35NO6S2/c1-20-7-10-22(11-8-20)25(33(27,28)17-6-18-34(25,29)30)14-5-15-26(2)16-13-21-9-12-23(31-3)24(19-21)32-4/h7-12,19H,5-6,13-18H2,1-4H3. The van der Waals surface area contributed by atoms with Crippen LogP contribution in [-0.2, 0) is 30.2 Å². The molecule has 0 unspecified atom stereocenters. The molecule has 0 atom stereocenters. The van der Waals surface area contributed by atoms with Crippen LogP contribution in [0.5, 0.6) is 11.5 Å². The third kappa shape index (κ3) is 5.26. The van der Waals surface area contributed by atoms with Crippen LogP contribution in [-0.4, -0.2) is 67.6 Å². The second kappa shape index (κ2) is 10.7. The lowest BCUT2D eigenvalue weighted by molar-refractivity contribution is 0.325. The van der Waals surface area contributed by atoms with E-state index in [-0.39, 0.29) is 24.3 Å². The van der Waals surface area contributed by atoms with Gasteiger partial charge in [-0.2, -0.15) is 0 Å². The molecule has 1 aliphatic heterocycles. The molecule has 1 fully saturated rings. The molecule has 0 N–H and O–H groups in total. The van der Waals surface area contributed by atoms with Crippen LogP contribution in [0.4, 0.5) is 0 Å². The molecule has 0 amide bonds. The van der Waals surface area contributed by atoms with Crippen molar-refractivity contribution in [2.75, 3.05) is 45.9 Å². The number of hydrogen-bond acceptors (Lipinski definition) is 7.